The van der Waals surface area contributed by atoms with Crippen LogP contribution in [-0.4, -0.2) is 31.1 Å². The first-order valence-corrected chi connectivity index (χ1v) is 7.04. The van der Waals surface area contributed by atoms with Crippen molar-refractivity contribution in [3.63, 3.8) is 0 Å². The van der Waals surface area contributed by atoms with Crippen molar-refractivity contribution in [1.29, 1.82) is 0 Å². The molecule has 18 heavy (non-hydrogen) atoms. The van der Waals surface area contributed by atoms with Crippen LogP contribution in [0.3, 0.4) is 0 Å². The van der Waals surface area contributed by atoms with E-state index in [0.717, 1.165) is 13.1 Å². The Morgan fingerprint density at radius 2 is 2.00 bits per heavy atom. The van der Waals surface area contributed by atoms with Crippen LogP contribution in [0.15, 0.2) is 24.3 Å². The molecule has 2 atom stereocenters. The Bertz CT molecular complexity index is 349. The summed E-state index contributed by atoms with van der Waals surface area (Å²) in [7, 11) is 2.20. The summed E-state index contributed by atoms with van der Waals surface area (Å²) in [5.41, 5.74) is 2.71. The van der Waals surface area contributed by atoms with E-state index in [1.807, 2.05) is 0 Å². The van der Waals surface area contributed by atoms with Crippen molar-refractivity contribution in [2.45, 2.75) is 46.2 Å². The van der Waals surface area contributed by atoms with E-state index in [2.05, 4.69) is 69.2 Å². The second-order valence-corrected chi connectivity index (χ2v) is 5.33. The summed E-state index contributed by atoms with van der Waals surface area (Å²) in [6.07, 6.45) is 1.21. The number of hydrogen-bond donors (Lipinski definition) is 1. The van der Waals surface area contributed by atoms with E-state index in [4.69, 9.17) is 0 Å². The van der Waals surface area contributed by atoms with Crippen LogP contribution < -0.4 is 5.32 Å². The molecule has 0 aliphatic rings. The number of nitrogens with one attached hydrogen (secondary N) is 1. The van der Waals surface area contributed by atoms with Crippen LogP contribution in [0.1, 0.15) is 44.4 Å². The lowest BCUT2D eigenvalue weighted by atomic mass is 10.1. The molecule has 1 rings (SSSR count). The SMILES string of the molecule is CCC(C)N(C)CCNC(C)c1cccc(C)c1. The molecular weight excluding hydrogens is 220 g/mol. The molecule has 0 spiro atoms. The van der Waals surface area contributed by atoms with Crippen LogP contribution in [0.2, 0.25) is 0 Å². The number of hydrogen-bond acceptors (Lipinski definition) is 2. The summed E-state index contributed by atoms with van der Waals surface area (Å²) in [6.45, 7) is 11.0. The summed E-state index contributed by atoms with van der Waals surface area (Å²) in [5.74, 6) is 0. The molecule has 0 aliphatic heterocycles. The average molecular weight is 248 g/mol. The summed E-state index contributed by atoms with van der Waals surface area (Å²) in [5, 5.41) is 3.59. The van der Waals surface area contributed by atoms with Gasteiger partial charge in [-0.05, 0) is 39.8 Å². The van der Waals surface area contributed by atoms with Gasteiger partial charge in [0.25, 0.3) is 0 Å². The highest BCUT2D eigenvalue weighted by Crippen LogP contribution is 2.13. The van der Waals surface area contributed by atoms with Gasteiger partial charge in [0.15, 0.2) is 0 Å². The van der Waals surface area contributed by atoms with Gasteiger partial charge in [-0.25, -0.2) is 0 Å². The molecule has 0 aliphatic carbocycles. The van der Waals surface area contributed by atoms with Gasteiger partial charge in [0.1, 0.15) is 0 Å². The second-order valence-electron chi connectivity index (χ2n) is 5.33. The zero-order chi connectivity index (χ0) is 13.5. The lowest BCUT2D eigenvalue weighted by Gasteiger charge is -2.24. The molecule has 0 radical (unpaired) electrons. The van der Waals surface area contributed by atoms with Crippen molar-refractivity contribution in [1.82, 2.24) is 10.2 Å². The van der Waals surface area contributed by atoms with Gasteiger partial charge in [-0.15, -0.1) is 0 Å². The number of benzene rings is 1. The maximum Gasteiger partial charge on any atom is 0.0292 e. The monoisotopic (exact) mass is 248 g/mol. The Balaban J connectivity index is 2.35. The molecule has 2 heteroatoms. The Hall–Kier alpha value is -0.860. The molecule has 0 bridgehead atoms. The molecule has 0 saturated carbocycles. The molecule has 1 aromatic carbocycles. The number of nitrogens with zero attached hydrogens (tertiary/aromatic N) is 1. The molecule has 102 valence electrons. The maximum atomic E-state index is 3.59. The number of rotatable bonds is 7. The van der Waals surface area contributed by atoms with Crippen LogP contribution >= 0.6 is 0 Å². The lowest BCUT2D eigenvalue weighted by Crippen LogP contribution is -2.35. The lowest BCUT2D eigenvalue weighted by molar-refractivity contribution is 0.249. The molecule has 1 N–H and O–H groups in total. The van der Waals surface area contributed by atoms with Gasteiger partial charge >= 0.3 is 0 Å². The molecule has 0 saturated heterocycles. The van der Waals surface area contributed by atoms with Crippen molar-refractivity contribution < 1.29 is 0 Å². The summed E-state index contributed by atoms with van der Waals surface area (Å²) in [6, 6.07) is 9.83. The number of aryl methyl sites for hydroxylation is 1. The van der Waals surface area contributed by atoms with E-state index in [1.54, 1.807) is 0 Å². The average Bonchev–Trinajstić information content (AvgIpc) is 2.37. The first kappa shape index (κ1) is 15.2. The Labute approximate surface area is 112 Å². The van der Waals surface area contributed by atoms with Crippen LogP contribution in [0, 0.1) is 6.92 Å². The van der Waals surface area contributed by atoms with E-state index in [0.29, 0.717) is 12.1 Å². The standard InChI is InChI=1S/C16H28N2/c1-6-14(3)18(5)11-10-17-15(4)16-9-7-8-13(2)12-16/h7-9,12,14-15,17H,6,10-11H2,1-5H3. The summed E-state index contributed by atoms with van der Waals surface area (Å²) < 4.78 is 0. The third-order valence-corrected chi connectivity index (χ3v) is 3.80. The largest absolute Gasteiger partial charge is 0.309 e. The first-order valence-electron chi connectivity index (χ1n) is 7.04. The highest BCUT2D eigenvalue weighted by molar-refractivity contribution is 5.24. The first-order chi connectivity index (χ1) is 8.54. The third kappa shape index (κ3) is 4.79. The fourth-order valence-corrected chi connectivity index (χ4v) is 2.05. The van der Waals surface area contributed by atoms with E-state index < -0.39 is 0 Å². The van der Waals surface area contributed by atoms with Crippen molar-refractivity contribution in [3.8, 4) is 0 Å². The quantitative estimate of drug-likeness (QED) is 0.796. The zero-order valence-corrected chi connectivity index (χ0v) is 12.5. The minimum atomic E-state index is 0.426. The molecular formula is C16H28N2. The Kier molecular flexibility index (Phi) is 6.37. The summed E-state index contributed by atoms with van der Waals surface area (Å²) >= 11 is 0. The van der Waals surface area contributed by atoms with Gasteiger partial charge in [0, 0.05) is 25.2 Å². The normalized spacial score (nSPS) is 14.8. The van der Waals surface area contributed by atoms with Crippen molar-refractivity contribution in [2.75, 3.05) is 20.1 Å². The molecule has 0 heterocycles. The maximum absolute atomic E-state index is 3.59. The fraction of sp³-hybridized carbons (Fsp3) is 0.625. The topological polar surface area (TPSA) is 15.3 Å². The molecule has 0 fully saturated rings. The molecule has 2 unspecified atom stereocenters. The van der Waals surface area contributed by atoms with Crippen LogP contribution in [0.25, 0.3) is 0 Å². The molecule has 2 nitrogen and oxygen atoms in total. The van der Waals surface area contributed by atoms with E-state index in [9.17, 15) is 0 Å². The minimum Gasteiger partial charge on any atom is -0.309 e. The van der Waals surface area contributed by atoms with Crippen molar-refractivity contribution in [3.05, 3.63) is 35.4 Å². The summed E-state index contributed by atoms with van der Waals surface area (Å²) in [4.78, 5) is 2.41. The van der Waals surface area contributed by atoms with Crippen LogP contribution in [-0.2, 0) is 0 Å². The Morgan fingerprint density at radius 3 is 2.61 bits per heavy atom. The van der Waals surface area contributed by atoms with E-state index in [-0.39, 0.29) is 0 Å². The van der Waals surface area contributed by atoms with Gasteiger partial charge in [0.2, 0.25) is 0 Å². The predicted molar refractivity (Wildman–Crippen MR) is 80.0 cm³/mol. The van der Waals surface area contributed by atoms with Gasteiger partial charge < -0.3 is 10.2 Å². The Morgan fingerprint density at radius 1 is 1.28 bits per heavy atom. The van der Waals surface area contributed by atoms with Crippen molar-refractivity contribution >= 4 is 0 Å². The highest BCUT2D eigenvalue weighted by Gasteiger charge is 2.08. The zero-order valence-electron chi connectivity index (χ0n) is 12.5. The minimum absolute atomic E-state index is 0.426. The molecule has 0 aromatic heterocycles. The smallest absolute Gasteiger partial charge is 0.0292 e. The van der Waals surface area contributed by atoms with Gasteiger partial charge in [0.05, 0.1) is 0 Å². The number of likely N-dealkylation sites (N-methyl/N-ethyl adjacent to an activating group) is 1. The van der Waals surface area contributed by atoms with Crippen LogP contribution in [0.4, 0.5) is 0 Å². The van der Waals surface area contributed by atoms with Gasteiger partial charge in [-0.3, -0.25) is 0 Å². The highest BCUT2D eigenvalue weighted by atomic mass is 15.1. The molecule has 0 amide bonds. The third-order valence-electron chi connectivity index (χ3n) is 3.80. The van der Waals surface area contributed by atoms with E-state index >= 15 is 0 Å². The predicted octanol–water partition coefficient (Wildman–Crippen LogP) is 3.38. The van der Waals surface area contributed by atoms with Gasteiger partial charge in [-0.2, -0.15) is 0 Å². The van der Waals surface area contributed by atoms with Crippen LogP contribution in [0.5, 0.6) is 0 Å². The van der Waals surface area contributed by atoms with E-state index in [1.165, 1.54) is 17.5 Å². The second kappa shape index (κ2) is 7.55. The molecule has 1 aromatic rings. The van der Waals surface area contributed by atoms with Gasteiger partial charge in [-0.1, -0.05) is 36.8 Å². The fourth-order valence-electron chi connectivity index (χ4n) is 2.05. The van der Waals surface area contributed by atoms with Crippen molar-refractivity contribution in [2.24, 2.45) is 0 Å².